The summed E-state index contributed by atoms with van der Waals surface area (Å²) in [5.74, 6) is 2.60. The van der Waals surface area contributed by atoms with E-state index in [0.717, 1.165) is 41.8 Å². The Bertz CT molecular complexity index is 586. The van der Waals surface area contributed by atoms with Crippen LogP contribution in [0.5, 0.6) is 0 Å². The summed E-state index contributed by atoms with van der Waals surface area (Å²) in [7, 11) is 0. The van der Waals surface area contributed by atoms with Crippen molar-refractivity contribution in [1.29, 1.82) is 0 Å². The summed E-state index contributed by atoms with van der Waals surface area (Å²) >= 11 is 0. The van der Waals surface area contributed by atoms with Crippen LogP contribution in [0.4, 0.5) is 5.82 Å². The highest BCUT2D eigenvalue weighted by atomic mass is 15.2. The zero-order valence-electron chi connectivity index (χ0n) is 10.1. The van der Waals surface area contributed by atoms with Gasteiger partial charge in [-0.2, -0.15) is 5.10 Å². The molecular formula is C13H15N5. The largest absolute Gasteiger partial charge is 0.355 e. The Morgan fingerprint density at radius 3 is 2.67 bits per heavy atom. The van der Waals surface area contributed by atoms with Gasteiger partial charge in [-0.3, -0.25) is 5.10 Å². The molecule has 1 aliphatic heterocycles. The Hall–Kier alpha value is -1.91. The number of anilines is 1. The van der Waals surface area contributed by atoms with Gasteiger partial charge in [0, 0.05) is 13.1 Å². The number of allylic oxidation sites excluding steroid dienone is 2. The number of rotatable bonds is 1. The van der Waals surface area contributed by atoms with E-state index in [0.29, 0.717) is 0 Å². The molecule has 0 radical (unpaired) electrons. The summed E-state index contributed by atoms with van der Waals surface area (Å²) in [6.45, 7) is 2.21. The molecule has 0 bridgehead atoms. The fourth-order valence-corrected chi connectivity index (χ4v) is 3.19. The molecule has 0 aromatic carbocycles. The maximum Gasteiger partial charge on any atom is 0.160 e. The fraction of sp³-hybridized carbons (Fsp3) is 0.462. The quantitative estimate of drug-likeness (QED) is 0.773. The highest BCUT2D eigenvalue weighted by Gasteiger charge is 2.34. The third-order valence-electron chi connectivity index (χ3n) is 4.15. The van der Waals surface area contributed by atoms with Crippen molar-refractivity contribution in [3.63, 3.8) is 0 Å². The fourth-order valence-electron chi connectivity index (χ4n) is 3.19. The van der Waals surface area contributed by atoms with Gasteiger partial charge in [0.2, 0.25) is 0 Å². The molecular weight excluding hydrogens is 226 g/mol. The van der Waals surface area contributed by atoms with E-state index in [-0.39, 0.29) is 0 Å². The summed E-state index contributed by atoms with van der Waals surface area (Å²) in [4.78, 5) is 11.0. The maximum absolute atomic E-state index is 4.45. The standard InChI is InChI=1S/C13H15N5/c1-2-4-10-7-18(6-9(10)3-1)13-11-5-16-17-12(11)14-8-15-13/h1-2,5,8-10H,3-4,6-7H2,(H,14,15,16,17). The van der Waals surface area contributed by atoms with E-state index in [1.807, 2.05) is 6.20 Å². The highest BCUT2D eigenvalue weighted by molar-refractivity contribution is 5.86. The normalized spacial score (nSPS) is 26.8. The van der Waals surface area contributed by atoms with E-state index in [9.17, 15) is 0 Å². The minimum atomic E-state index is 0.784. The van der Waals surface area contributed by atoms with Crippen molar-refractivity contribution in [2.45, 2.75) is 12.8 Å². The minimum absolute atomic E-state index is 0.784. The molecule has 2 aromatic rings. The van der Waals surface area contributed by atoms with Gasteiger partial charge in [-0.25, -0.2) is 9.97 Å². The Balaban J connectivity index is 1.70. The van der Waals surface area contributed by atoms with Gasteiger partial charge in [-0.15, -0.1) is 0 Å². The number of hydrogen-bond acceptors (Lipinski definition) is 4. The number of nitrogens with zero attached hydrogens (tertiary/aromatic N) is 4. The van der Waals surface area contributed by atoms with Crippen LogP contribution in [0.15, 0.2) is 24.7 Å². The summed E-state index contributed by atoms with van der Waals surface area (Å²) in [5, 5.41) is 8.00. The minimum Gasteiger partial charge on any atom is -0.355 e. The molecule has 3 heterocycles. The molecule has 2 aliphatic rings. The molecule has 1 N–H and O–H groups in total. The molecule has 18 heavy (non-hydrogen) atoms. The third-order valence-corrected chi connectivity index (χ3v) is 4.15. The molecule has 4 rings (SSSR count). The number of H-pyrrole nitrogens is 1. The Kier molecular flexibility index (Phi) is 2.12. The average molecular weight is 241 g/mol. The van der Waals surface area contributed by atoms with E-state index in [1.165, 1.54) is 12.8 Å². The number of fused-ring (bicyclic) bond motifs is 2. The summed E-state index contributed by atoms with van der Waals surface area (Å²) < 4.78 is 0. The first-order valence-electron chi connectivity index (χ1n) is 6.46. The van der Waals surface area contributed by atoms with Crippen LogP contribution in [-0.2, 0) is 0 Å². The smallest absolute Gasteiger partial charge is 0.160 e. The van der Waals surface area contributed by atoms with Crippen LogP contribution < -0.4 is 4.90 Å². The molecule has 0 amide bonds. The Morgan fingerprint density at radius 1 is 1.11 bits per heavy atom. The van der Waals surface area contributed by atoms with Crippen LogP contribution in [-0.4, -0.2) is 33.3 Å². The van der Waals surface area contributed by atoms with Crippen molar-refractivity contribution in [1.82, 2.24) is 20.2 Å². The van der Waals surface area contributed by atoms with Crippen molar-refractivity contribution >= 4 is 16.9 Å². The van der Waals surface area contributed by atoms with Crippen molar-refractivity contribution in [3.8, 4) is 0 Å². The zero-order chi connectivity index (χ0) is 11.9. The van der Waals surface area contributed by atoms with Gasteiger partial charge in [0.15, 0.2) is 5.65 Å². The van der Waals surface area contributed by atoms with Crippen LogP contribution >= 0.6 is 0 Å². The van der Waals surface area contributed by atoms with Gasteiger partial charge in [0.25, 0.3) is 0 Å². The van der Waals surface area contributed by atoms with Crippen molar-refractivity contribution in [2.75, 3.05) is 18.0 Å². The Labute approximate surface area is 105 Å². The van der Waals surface area contributed by atoms with Crippen molar-refractivity contribution in [2.24, 2.45) is 11.8 Å². The van der Waals surface area contributed by atoms with Crippen LogP contribution in [0.2, 0.25) is 0 Å². The molecule has 2 unspecified atom stereocenters. The number of aromatic nitrogens is 4. The highest BCUT2D eigenvalue weighted by Crippen LogP contribution is 2.36. The van der Waals surface area contributed by atoms with Gasteiger partial charge >= 0.3 is 0 Å². The summed E-state index contributed by atoms with van der Waals surface area (Å²) in [6, 6.07) is 0. The van der Waals surface area contributed by atoms with Gasteiger partial charge in [-0.1, -0.05) is 12.2 Å². The van der Waals surface area contributed by atoms with Gasteiger partial charge < -0.3 is 4.90 Å². The average Bonchev–Trinajstić information content (AvgIpc) is 3.04. The number of aromatic amines is 1. The van der Waals surface area contributed by atoms with Crippen molar-refractivity contribution < 1.29 is 0 Å². The van der Waals surface area contributed by atoms with Gasteiger partial charge in [0.05, 0.1) is 11.6 Å². The maximum atomic E-state index is 4.45. The van der Waals surface area contributed by atoms with Crippen LogP contribution in [0.1, 0.15) is 12.8 Å². The first-order chi connectivity index (χ1) is 8.92. The van der Waals surface area contributed by atoms with E-state index in [2.05, 4.69) is 37.2 Å². The predicted octanol–water partition coefficient (Wildman–Crippen LogP) is 1.76. The molecule has 5 heteroatoms. The van der Waals surface area contributed by atoms with Gasteiger partial charge in [0.1, 0.15) is 12.1 Å². The second kappa shape index (κ2) is 3.80. The lowest BCUT2D eigenvalue weighted by molar-refractivity contribution is 0.411. The lowest BCUT2D eigenvalue weighted by Gasteiger charge is -2.17. The molecule has 92 valence electrons. The van der Waals surface area contributed by atoms with E-state index in [4.69, 9.17) is 0 Å². The van der Waals surface area contributed by atoms with Gasteiger partial charge in [-0.05, 0) is 24.7 Å². The van der Waals surface area contributed by atoms with E-state index < -0.39 is 0 Å². The zero-order valence-corrected chi connectivity index (χ0v) is 10.1. The molecule has 1 aliphatic carbocycles. The van der Waals surface area contributed by atoms with Crippen LogP contribution in [0, 0.1) is 11.8 Å². The number of nitrogens with one attached hydrogen (secondary N) is 1. The molecule has 2 atom stereocenters. The molecule has 1 saturated heterocycles. The van der Waals surface area contributed by atoms with E-state index in [1.54, 1.807) is 6.33 Å². The lowest BCUT2D eigenvalue weighted by Crippen LogP contribution is -2.21. The topological polar surface area (TPSA) is 57.7 Å². The Morgan fingerprint density at radius 2 is 1.89 bits per heavy atom. The van der Waals surface area contributed by atoms with Crippen LogP contribution in [0.3, 0.4) is 0 Å². The van der Waals surface area contributed by atoms with Crippen molar-refractivity contribution in [3.05, 3.63) is 24.7 Å². The molecule has 1 fully saturated rings. The molecule has 0 spiro atoms. The second-order valence-corrected chi connectivity index (χ2v) is 5.20. The molecule has 0 saturated carbocycles. The van der Waals surface area contributed by atoms with E-state index >= 15 is 0 Å². The number of hydrogen-bond donors (Lipinski definition) is 1. The predicted molar refractivity (Wildman–Crippen MR) is 69.3 cm³/mol. The SMILES string of the molecule is C1=CCC2CN(c3ncnc4[nH]ncc34)CC2C1. The summed E-state index contributed by atoms with van der Waals surface area (Å²) in [6.07, 6.45) is 10.5. The molecule has 5 nitrogen and oxygen atoms in total. The third kappa shape index (κ3) is 1.43. The summed E-state index contributed by atoms with van der Waals surface area (Å²) in [5.41, 5.74) is 0.827. The second-order valence-electron chi connectivity index (χ2n) is 5.20. The lowest BCUT2D eigenvalue weighted by atomic mass is 9.86. The first-order valence-corrected chi connectivity index (χ1v) is 6.46. The monoisotopic (exact) mass is 241 g/mol. The van der Waals surface area contributed by atoms with Crippen LogP contribution in [0.25, 0.3) is 11.0 Å². The molecule has 2 aromatic heterocycles. The first kappa shape index (κ1) is 10.1.